The number of rotatable bonds is 14. The summed E-state index contributed by atoms with van der Waals surface area (Å²) in [6, 6.07) is 23.6. The van der Waals surface area contributed by atoms with Crippen molar-refractivity contribution in [1.82, 2.24) is 0 Å². The van der Waals surface area contributed by atoms with Crippen molar-refractivity contribution < 1.29 is 77.7 Å². The molecular formula is C40H32CaO16-2. The third-order valence-electron chi connectivity index (χ3n) is 7.56. The molecule has 0 aliphatic carbocycles. The Morgan fingerprint density at radius 3 is 0.596 bits per heavy atom. The van der Waals surface area contributed by atoms with Crippen molar-refractivity contribution in [2.75, 3.05) is 0 Å². The zero-order valence-electron chi connectivity index (χ0n) is 30.8. The van der Waals surface area contributed by atoms with E-state index in [0.29, 0.717) is 0 Å². The summed E-state index contributed by atoms with van der Waals surface area (Å²) in [6.07, 6.45) is -9.58. The molecule has 4 aromatic rings. The zero-order chi connectivity index (χ0) is 41.7. The number of hydrogen-bond donors (Lipinski definition) is 0. The smallest absolute Gasteiger partial charge is 0.546 e. The van der Waals surface area contributed by atoms with Gasteiger partial charge in [-0.2, -0.15) is 0 Å². The van der Waals surface area contributed by atoms with E-state index in [2.05, 4.69) is 0 Å². The number of aryl methyl sites for hydroxylation is 4. The van der Waals surface area contributed by atoms with Gasteiger partial charge in [0, 0.05) is 0 Å². The predicted octanol–water partition coefficient (Wildman–Crippen LogP) is -1.27. The van der Waals surface area contributed by atoms with Crippen LogP contribution in [-0.2, 0) is 38.1 Å². The quantitative estimate of drug-likeness (QED) is 0.0816. The van der Waals surface area contributed by atoms with E-state index in [-0.39, 0.29) is 60.0 Å². The Bertz CT molecular complexity index is 1770. The fourth-order valence-corrected chi connectivity index (χ4v) is 4.43. The minimum Gasteiger partial charge on any atom is -0.546 e. The van der Waals surface area contributed by atoms with Crippen molar-refractivity contribution in [3.63, 3.8) is 0 Å². The van der Waals surface area contributed by atoms with Gasteiger partial charge in [0.2, 0.25) is 0 Å². The average Bonchev–Trinajstić information content (AvgIpc) is 3.15. The Morgan fingerprint density at radius 1 is 0.333 bits per heavy atom. The van der Waals surface area contributed by atoms with Gasteiger partial charge in [0.25, 0.3) is 0 Å². The van der Waals surface area contributed by atoms with E-state index >= 15 is 0 Å². The van der Waals surface area contributed by atoms with Crippen LogP contribution in [0.5, 0.6) is 0 Å². The molecule has 292 valence electrons. The zero-order valence-corrected chi connectivity index (χ0v) is 33.0. The van der Waals surface area contributed by atoms with Crippen molar-refractivity contribution in [2.24, 2.45) is 0 Å². The van der Waals surface area contributed by atoms with Gasteiger partial charge in [0.1, 0.15) is 0 Å². The molecule has 17 heteroatoms. The van der Waals surface area contributed by atoms with Crippen LogP contribution in [-0.4, -0.2) is 110 Å². The van der Waals surface area contributed by atoms with Crippen molar-refractivity contribution in [3.8, 4) is 0 Å². The van der Waals surface area contributed by atoms with Gasteiger partial charge in [0.05, 0.1) is 46.1 Å². The summed E-state index contributed by atoms with van der Waals surface area (Å²) < 4.78 is 18.9. The Hall–Kier alpha value is -6.10. The summed E-state index contributed by atoms with van der Waals surface area (Å²) >= 11 is 0. The minimum absolute atomic E-state index is 0. The van der Waals surface area contributed by atoms with E-state index < -0.39 is 72.2 Å². The van der Waals surface area contributed by atoms with E-state index in [0.717, 1.165) is 22.3 Å². The van der Waals surface area contributed by atoms with Gasteiger partial charge >= 0.3 is 61.6 Å². The summed E-state index contributed by atoms with van der Waals surface area (Å²) in [5.41, 5.74) is 3.30. The van der Waals surface area contributed by atoms with Crippen LogP contribution in [0, 0.1) is 27.7 Å². The first-order valence-corrected chi connectivity index (χ1v) is 16.3. The SMILES string of the molecule is Cc1ccc(C(=O)O[C@@H](C(=O)[O-])[C@@H](OC(=O)c2ccc(C)cc2)C(=O)[O-])cc1.Cc1ccc(C(=O)O[C@@H](C(=O)[O-])[C@@H](OC(=O)c2ccc(C)cc2)C(=O)[O-])cc1.[Ca+2]. The molecule has 0 N–H and O–H groups in total. The fraction of sp³-hybridized carbons (Fsp3) is 0.200. The molecule has 0 saturated heterocycles. The number of carboxylic acids is 4. The van der Waals surface area contributed by atoms with Crippen LogP contribution in [0.2, 0.25) is 0 Å². The second-order valence-electron chi connectivity index (χ2n) is 12.0. The summed E-state index contributed by atoms with van der Waals surface area (Å²) in [5.74, 6) is -12.7. The van der Waals surface area contributed by atoms with Gasteiger partial charge in [-0.15, -0.1) is 0 Å². The van der Waals surface area contributed by atoms with Gasteiger partial charge in [0.15, 0.2) is 24.4 Å². The third kappa shape index (κ3) is 14.2. The molecule has 0 aliphatic heterocycles. The Labute approximate surface area is 354 Å². The summed E-state index contributed by atoms with van der Waals surface area (Å²) in [7, 11) is 0. The van der Waals surface area contributed by atoms with E-state index in [4.69, 9.17) is 18.9 Å². The number of esters is 4. The Kier molecular flexibility index (Phi) is 18.0. The molecule has 4 atom stereocenters. The fourth-order valence-electron chi connectivity index (χ4n) is 4.43. The Balaban J connectivity index is 0.000000387. The van der Waals surface area contributed by atoms with Gasteiger partial charge in [-0.05, 0) is 76.2 Å². The maximum atomic E-state index is 12.1. The molecule has 0 saturated carbocycles. The van der Waals surface area contributed by atoms with E-state index in [9.17, 15) is 58.8 Å². The molecule has 0 heterocycles. The topological polar surface area (TPSA) is 266 Å². The van der Waals surface area contributed by atoms with Crippen molar-refractivity contribution in [1.29, 1.82) is 0 Å². The van der Waals surface area contributed by atoms with Crippen LogP contribution < -0.4 is 20.4 Å². The molecule has 0 radical (unpaired) electrons. The molecule has 57 heavy (non-hydrogen) atoms. The number of carboxylic acid groups (broad SMARTS) is 4. The molecule has 0 aliphatic rings. The normalized spacial score (nSPS) is 12.3. The number of hydrogen-bond acceptors (Lipinski definition) is 16. The molecule has 16 nitrogen and oxygen atoms in total. The van der Waals surface area contributed by atoms with Crippen LogP contribution >= 0.6 is 0 Å². The molecule has 0 spiro atoms. The number of ether oxygens (including phenoxy) is 4. The van der Waals surface area contributed by atoms with Gasteiger partial charge in [-0.3, -0.25) is 0 Å². The molecule has 0 fully saturated rings. The molecule has 4 rings (SSSR count). The number of carbonyl (C=O) groups is 8. The van der Waals surface area contributed by atoms with Gasteiger partial charge in [-0.25, -0.2) is 19.2 Å². The second kappa shape index (κ2) is 21.8. The van der Waals surface area contributed by atoms with Crippen LogP contribution in [0.25, 0.3) is 0 Å². The third-order valence-corrected chi connectivity index (χ3v) is 7.56. The van der Waals surface area contributed by atoms with Crippen molar-refractivity contribution >= 4 is 85.5 Å². The van der Waals surface area contributed by atoms with E-state index in [1.165, 1.54) is 48.5 Å². The first-order valence-electron chi connectivity index (χ1n) is 16.3. The van der Waals surface area contributed by atoms with E-state index in [1.54, 1.807) is 76.2 Å². The maximum absolute atomic E-state index is 12.1. The monoisotopic (exact) mass is 808 g/mol. The van der Waals surface area contributed by atoms with Crippen molar-refractivity contribution in [2.45, 2.75) is 52.1 Å². The van der Waals surface area contributed by atoms with Gasteiger partial charge < -0.3 is 58.6 Å². The molecule has 0 bridgehead atoms. The maximum Gasteiger partial charge on any atom is 2.00 e. The van der Waals surface area contributed by atoms with Crippen molar-refractivity contribution in [3.05, 3.63) is 142 Å². The number of carbonyl (C=O) groups excluding carboxylic acids is 8. The molecule has 0 unspecified atom stereocenters. The van der Waals surface area contributed by atoms with Gasteiger partial charge in [-0.1, -0.05) is 70.8 Å². The van der Waals surface area contributed by atoms with Crippen LogP contribution in [0.3, 0.4) is 0 Å². The standard InChI is InChI=1S/2C20H18O8.Ca/c2*1-11-3-7-13(8-4-11)19(25)27-15(17(21)22)16(18(23)24)28-20(26)14-9-5-12(2)6-10-14;/h2*3-10,15-16H,1-2H3,(H,21,22)(H,23,24);/q;;+2/p-4/t2*15-,16-;/m11./s1. The summed E-state index contributed by atoms with van der Waals surface area (Å²) in [5, 5.41) is 45.4. The molecule has 0 amide bonds. The summed E-state index contributed by atoms with van der Waals surface area (Å²) in [4.78, 5) is 93.9. The van der Waals surface area contributed by atoms with Crippen LogP contribution in [0.4, 0.5) is 0 Å². The Morgan fingerprint density at radius 2 is 0.474 bits per heavy atom. The van der Waals surface area contributed by atoms with Crippen LogP contribution in [0.1, 0.15) is 63.7 Å². The predicted molar refractivity (Wildman–Crippen MR) is 187 cm³/mol. The summed E-state index contributed by atoms with van der Waals surface area (Å²) in [6.45, 7) is 7.09. The molecule has 0 aromatic heterocycles. The van der Waals surface area contributed by atoms with Crippen LogP contribution in [0.15, 0.2) is 97.1 Å². The minimum atomic E-state index is -2.40. The first kappa shape index (κ1) is 47.1. The van der Waals surface area contributed by atoms with E-state index in [1.807, 2.05) is 0 Å². The molecular weight excluding hydrogens is 777 g/mol. The average molecular weight is 809 g/mol. The second-order valence-corrected chi connectivity index (χ2v) is 12.0. The molecule has 4 aromatic carbocycles. The number of aliphatic carboxylic acids is 4. The first-order chi connectivity index (χ1) is 26.4. The largest absolute Gasteiger partial charge is 2.00 e. The number of benzene rings is 4.